The summed E-state index contributed by atoms with van der Waals surface area (Å²) in [6.07, 6.45) is 1.70. The van der Waals surface area contributed by atoms with Crippen LogP contribution in [0.1, 0.15) is 35.7 Å². The lowest BCUT2D eigenvalue weighted by atomic mass is 9.95. The Labute approximate surface area is 159 Å². The second-order valence-electron chi connectivity index (χ2n) is 6.94. The van der Waals surface area contributed by atoms with Gasteiger partial charge in [-0.2, -0.15) is 0 Å². The topological polar surface area (TPSA) is 66.5 Å². The fourth-order valence-electron chi connectivity index (χ4n) is 3.33. The van der Waals surface area contributed by atoms with Crippen molar-refractivity contribution in [2.45, 2.75) is 26.2 Å². The summed E-state index contributed by atoms with van der Waals surface area (Å²) in [7, 11) is 0. The van der Waals surface area contributed by atoms with Gasteiger partial charge < -0.3 is 10.2 Å². The first kappa shape index (κ1) is 18.8. The summed E-state index contributed by atoms with van der Waals surface area (Å²) in [6, 6.07) is 16.7. The largest absolute Gasteiger partial charge is 0.342 e. The van der Waals surface area contributed by atoms with Gasteiger partial charge in [0.1, 0.15) is 0 Å². The van der Waals surface area contributed by atoms with Crippen molar-refractivity contribution in [3.05, 3.63) is 65.7 Å². The van der Waals surface area contributed by atoms with Gasteiger partial charge in [0.15, 0.2) is 5.78 Å². The van der Waals surface area contributed by atoms with Crippen LogP contribution in [0.25, 0.3) is 0 Å². The molecule has 0 saturated carbocycles. The van der Waals surface area contributed by atoms with E-state index in [0.717, 1.165) is 5.56 Å². The highest BCUT2D eigenvalue weighted by atomic mass is 16.2. The molecule has 2 amide bonds. The van der Waals surface area contributed by atoms with Crippen molar-refractivity contribution in [1.82, 2.24) is 4.90 Å². The molecule has 1 fully saturated rings. The molecule has 0 bridgehead atoms. The normalized spacial score (nSPS) is 14.6. The van der Waals surface area contributed by atoms with E-state index in [1.54, 1.807) is 24.3 Å². The maximum Gasteiger partial charge on any atom is 0.227 e. The van der Waals surface area contributed by atoms with E-state index in [1.165, 1.54) is 6.92 Å². The van der Waals surface area contributed by atoms with E-state index in [-0.39, 0.29) is 23.5 Å². The van der Waals surface area contributed by atoms with Crippen LogP contribution in [0.5, 0.6) is 0 Å². The van der Waals surface area contributed by atoms with Crippen molar-refractivity contribution >= 4 is 23.3 Å². The molecular formula is C22H24N2O3. The number of hydrogen-bond acceptors (Lipinski definition) is 3. The molecule has 1 aliphatic heterocycles. The van der Waals surface area contributed by atoms with Gasteiger partial charge in [-0.15, -0.1) is 0 Å². The summed E-state index contributed by atoms with van der Waals surface area (Å²) >= 11 is 0. The van der Waals surface area contributed by atoms with Gasteiger partial charge in [-0.05, 0) is 37.5 Å². The molecule has 1 N–H and O–H groups in total. The van der Waals surface area contributed by atoms with Gasteiger partial charge in [0, 0.05) is 30.3 Å². The zero-order valence-electron chi connectivity index (χ0n) is 15.5. The van der Waals surface area contributed by atoms with Crippen LogP contribution in [-0.4, -0.2) is 35.6 Å². The third-order valence-electron chi connectivity index (χ3n) is 4.95. The van der Waals surface area contributed by atoms with Gasteiger partial charge in [0.25, 0.3) is 0 Å². The monoisotopic (exact) mass is 364 g/mol. The molecule has 0 atom stereocenters. The lowest BCUT2D eigenvalue weighted by Crippen LogP contribution is -2.42. The quantitative estimate of drug-likeness (QED) is 0.828. The average molecular weight is 364 g/mol. The number of anilines is 1. The Bertz CT molecular complexity index is 824. The molecular weight excluding hydrogens is 340 g/mol. The minimum atomic E-state index is -0.119. The molecule has 0 aliphatic carbocycles. The zero-order chi connectivity index (χ0) is 19.2. The predicted octanol–water partition coefficient (Wildman–Crippen LogP) is 3.31. The second-order valence-corrected chi connectivity index (χ2v) is 6.94. The number of likely N-dealkylation sites (tertiary alicyclic amines) is 1. The van der Waals surface area contributed by atoms with Gasteiger partial charge in [-0.1, -0.05) is 42.5 Å². The van der Waals surface area contributed by atoms with Crippen LogP contribution in [0.4, 0.5) is 5.69 Å². The van der Waals surface area contributed by atoms with Crippen LogP contribution >= 0.6 is 0 Å². The number of piperidine rings is 1. The van der Waals surface area contributed by atoms with Crippen molar-refractivity contribution in [2.24, 2.45) is 5.92 Å². The smallest absolute Gasteiger partial charge is 0.227 e. The third kappa shape index (κ3) is 5.03. The van der Waals surface area contributed by atoms with Gasteiger partial charge in [-0.25, -0.2) is 0 Å². The summed E-state index contributed by atoms with van der Waals surface area (Å²) < 4.78 is 0. The third-order valence-corrected chi connectivity index (χ3v) is 4.95. The molecule has 140 valence electrons. The Morgan fingerprint density at radius 3 is 2.37 bits per heavy atom. The van der Waals surface area contributed by atoms with Crippen LogP contribution < -0.4 is 5.32 Å². The van der Waals surface area contributed by atoms with E-state index in [2.05, 4.69) is 5.32 Å². The Morgan fingerprint density at radius 2 is 1.70 bits per heavy atom. The summed E-state index contributed by atoms with van der Waals surface area (Å²) in [5.41, 5.74) is 2.22. The van der Waals surface area contributed by atoms with Gasteiger partial charge in [0.2, 0.25) is 11.8 Å². The number of rotatable bonds is 5. The molecule has 1 saturated heterocycles. The number of benzene rings is 2. The molecule has 1 aliphatic rings. The Hall–Kier alpha value is -2.95. The predicted molar refractivity (Wildman–Crippen MR) is 105 cm³/mol. The Morgan fingerprint density at radius 1 is 1.00 bits per heavy atom. The molecule has 2 aromatic carbocycles. The Balaban J connectivity index is 1.51. The van der Waals surface area contributed by atoms with E-state index < -0.39 is 0 Å². The molecule has 2 aromatic rings. The van der Waals surface area contributed by atoms with E-state index in [0.29, 0.717) is 43.6 Å². The lowest BCUT2D eigenvalue weighted by molar-refractivity contribution is -0.133. The van der Waals surface area contributed by atoms with E-state index in [1.807, 2.05) is 35.2 Å². The molecule has 0 unspecified atom stereocenters. The van der Waals surface area contributed by atoms with Crippen LogP contribution in [0.2, 0.25) is 0 Å². The summed E-state index contributed by atoms with van der Waals surface area (Å²) in [5, 5.41) is 2.90. The molecule has 0 aromatic heterocycles. The standard InChI is InChI=1S/C22H24N2O3/c1-16(25)19-8-5-9-20(15-19)23-22(27)18-10-12-24(13-11-18)21(26)14-17-6-3-2-4-7-17/h2-9,15,18H,10-14H2,1H3,(H,23,27). The minimum Gasteiger partial charge on any atom is -0.342 e. The van der Waals surface area contributed by atoms with Crippen molar-refractivity contribution < 1.29 is 14.4 Å². The van der Waals surface area contributed by atoms with Crippen molar-refractivity contribution in [3.63, 3.8) is 0 Å². The summed E-state index contributed by atoms with van der Waals surface area (Å²) in [5.74, 6) is -0.0943. The van der Waals surface area contributed by atoms with Gasteiger partial charge in [-0.3, -0.25) is 14.4 Å². The van der Waals surface area contributed by atoms with Crippen molar-refractivity contribution in [3.8, 4) is 0 Å². The molecule has 0 spiro atoms. The van der Waals surface area contributed by atoms with Crippen LogP contribution in [0.3, 0.4) is 0 Å². The lowest BCUT2D eigenvalue weighted by Gasteiger charge is -2.31. The average Bonchev–Trinajstić information content (AvgIpc) is 2.69. The number of ketones is 1. The molecule has 0 radical (unpaired) electrons. The summed E-state index contributed by atoms with van der Waals surface area (Å²) in [4.78, 5) is 38.3. The second kappa shape index (κ2) is 8.62. The van der Waals surface area contributed by atoms with Crippen molar-refractivity contribution in [1.29, 1.82) is 0 Å². The fraction of sp³-hybridized carbons (Fsp3) is 0.318. The highest BCUT2D eigenvalue weighted by Gasteiger charge is 2.27. The molecule has 5 nitrogen and oxygen atoms in total. The first-order chi connectivity index (χ1) is 13.0. The zero-order valence-corrected chi connectivity index (χ0v) is 15.5. The van der Waals surface area contributed by atoms with Crippen molar-refractivity contribution in [2.75, 3.05) is 18.4 Å². The number of carbonyl (C=O) groups excluding carboxylic acids is 3. The molecule has 27 heavy (non-hydrogen) atoms. The summed E-state index contributed by atoms with van der Waals surface area (Å²) in [6.45, 7) is 2.69. The first-order valence-corrected chi connectivity index (χ1v) is 9.26. The maximum absolute atomic E-state index is 12.5. The van der Waals surface area contributed by atoms with E-state index >= 15 is 0 Å². The number of nitrogens with zero attached hydrogens (tertiary/aromatic N) is 1. The fourth-order valence-corrected chi connectivity index (χ4v) is 3.33. The van der Waals surface area contributed by atoms with Gasteiger partial charge >= 0.3 is 0 Å². The molecule has 5 heteroatoms. The number of carbonyl (C=O) groups is 3. The Kier molecular flexibility index (Phi) is 6.01. The highest BCUT2D eigenvalue weighted by Crippen LogP contribution is 2.21. The van der Waals surface area contributed by atoms with Gasteiger partial charge in [0.05, 0.1) is 6.42 Å². The maximum atomic E-state index is 12.5. The van der Waals surface area contributed by atoms with Crippen LogP contribution in [0.15, 0.2) is 54.6 Å². The first-order valence-electron chi connectivity index (χ1n) is 9.26. The van der Waals surface area contributed by atoms with E-state index in [4.69, 9.17) is 0 Å². The highest BCUT2D eigenvalue weighted by molar-refractivity contribution is 5.97. The molecule has 3 rings (SSSR count). The minimum absolute atomic E-state index is 0.0312. The van der Waals surface area contributed by atoms with E-state index in [9.17, 15) is 14.4 Å². The number of nitrogens with one attached hydrogen (secondary N) is 1. The van der Waals surface area contributed by atoms with Crippen LogP contribution in [-0.2, 0) is 16.0 Å². The number of Topliss-reactive ketones (excluding diaryl/α,β-unsaturated/α-hetero) is 1. The number of amides is 2. The SMILES string of the molecule is CC(=O)c1cccc(NC(=O)C2CCN(C(=O)Cc3ccccc3)CC2)c1. The molecule has 1 heterocycles. The van der Waals surface area contributed by atoms with Crippen LogP contribution in [0, 0.1) is 5.92 Å². The number of hydrogen-bond donors (Lipinski definition) is 1.